The summed E-state index contributed by atoms with van der Waals surface area (Å²) in [5.74, 6) is -1.90. The number of hydrogen-bond donors (Lipinski definition) is 3. The van der Waals surface area contributed by atoms with Gasteiger partial charge in [0.25, 0.3) is 0 Å². The van der Waals surface area contributed by atoms with E-state index in [1.807, 2.05) is 6.07 Å². The van der Waals surface area contributed by atoms with Crippen molar-refractivity contribution in [2.24, 2.45) is 0 Å². The standard InChI is InChI=1S/C19H18N2O7/c1-26-15-7-13(14(8-16(15)27-2)28-10-17(22)23)18(19(24)25)21-12-5-3-11(9-20)4-6-12/h3-8,18,21H,10H2,1-2H3,(H,22,23)(H,24,25). The average Bonchev–Trinajstić information content (AvgIpc) is 2.70. The van der Waals surface area contributed by atoms with Gasteiger partial charge in [-0.1, -0.05) is 0 Å². The minimum atomic E-state index is -1.28. The van der Waals surface area contributed by atoms with E-state index >= 15 is 0 Å². The van der Waals surface area contributed by atoms with Crippen LogP contribution in [0.5, 0.6) is 17.2 Å². The van der Waals surface area contributed by atoms with Gasteiger partial charge >= 0.3 is 11.9 Å². The molecular formula is C19H18N2O7. The molecule has 1 atom stereocenters. The maximum absolute atomic E-state index is 11.9. The van der Waals surface area contributed by atoms with Crippen LogP contribution in [0.3, 0.4) is 0 Å². The molecule has 9 heteroatoms. The third-order valence-electron chi connectivity index (χ3n) is 3.75. The summed E-state index contributed by atoms with van der Waals surface area (Å²) in [7, 11) is 2.78. The van der Waals surface area contributed by atoms with E-state index in [0.29, 0.717) is 11.3 Å². The number of aliphatic carboxylic acids is 2. The quantitative estimate of drug-likeness (QED) is 0.592. The molecule has 0 aliphatic heterocycles. The molecule has 9 nitrogen and oxygen atoms in total. The fraction of sp³-hybridized carbons (Fsp3) is 0.211. The zero-order valence-corrected chi connectivity index (χ0v) is 15.1. The highest BCUT2D eigenvalue weighted by atomic mass is 16.5. The van der Waals surface area contributed by atoms with Crippen molar-refractivity contribution >= 4 is 17.6 Å². The predicted octanol–water partition coefficient (Wildman–Crippen LogP) is 2.28. The van der Waals surface area contributed by atoms with E-state index in [1.54, 1.807) is 12.1 Å². The Hall–Kier alpha value is -3.93. The molecule has 0 radical (unpaired) electrons. The Kier molecular flexibility index (Phi) is 6.65. The number of methoxy groups -OCH3 is 2. The molecule has 2 aromatic rings. The van der Waals surface area contributed by atoms with Gasteiger partial charge in [0.15, 0.2) is 24.1 Å². The van der Waals surface area contributed by atoms with Gasteiger partial charge < -0.3 is 29.7 Å². The van der Waals surface area contributed by atoms with Crippen molar-refractivity contribution in [3.8, 4) is 23.3 Å². The third-order valence-corrected chi connectivity index (χ3v) is 3.75. The third kappa shape index (κ3) is 4.82. The van der Waals surface area contributed by atoms with Gasteiger partial charge in [0.2, 0.25) is 0 Å². The topological polar surface area (TPSA) is 138 Å². The lowest BCUT2D eigenvalue weighted by molar-refractivity contribution is -0.139. The second-order valence-electron chi connectivity index (χ2n) is 5.53. The van der Waals surface area contributed by atoms with Crippen molar-refractivity contribution in [2.45, 2.75) is 6.04 Å². The highest BCUT2D eigenvalue weighted by Gasteiger charge is 2.26. The summed E-state index contributed by atoms with van der Waals surface area (Å²) in [4.78, 5) is 22.8. The van der Waals surface area contributed by atoms with Gasteiger partial charge in [0.05, 0.1) is 25.9 Å². The zero-order valence-electron chi connectivity index (χ0n) is 15.1. The highest BCUT2D eigenvalue weighted by molar-refractivity contribution is 5.81. The smallest absolute Gasteiger partial charge is 0.341 e. The van der Waals surface area contributed by atoms with Crippen LogP contribution in [-0.4, -0.2) is 43.0 Å². The van der Waals surface area contributed by atoms with E-state index in [-0.39, 0.29) is 22.8 Å². The molecule has 0 bridgehead atoms. The number of rotatable bonds is 9. The normalized spacial score (nSPS) is 11.0. The minimum absolute atomic E-state index is 0.0218. The van der Waals surface area contributed by atoms with E-state index in [4.69, 9.17) is 24.6 Å². The predicted molar refractivity (Wildman–Crippen MR) is 97.8 cm³/mol. The summed E-state index contributed by atoms with van der Waals surface area (Å²) >= 11 is 0. The molecule has 0 amide bonds. The van der Waals surface area contributed by atoms with Crippen LogP contribution in [0.4, 0.5) is 5.69 Å². The molecule has 0 aliphatic rings. The Morgan fingerprint density at radius 2 is 1.68 bits per heavy atom. The molecule has 0 spiro atoms. The minimum Gasteiger partial charge on any atom is -0.493 e. The fourth-order valence-electron chi connectivity index (χ4n) is 2.45. The molecule has 0 heterocycles. The Balaban J connectivity index is 2.48. The monoisotopic (exact) mass is 386 g/mol. The highest BCUT2D eigenvalue weighted by Crippen LogP contribution is 2.38. The SMILES string of the molecule is COc1cc(OCC(=O)O)c(C(Nc2ccc(C#N)cc2)C(=O)O)cc1OC. The van der Waals surface area contributed by atoms with Crippen LogP contribution in [0.15, 0.2) is 36.4 Å². The number of carboxylic acids is 2. The molecule has 1 unspecified atom stereocenters. The van der Waals surface area contributed by atoms with Crippen molar-refractivity contribution in [1.29, 1.82) is 5.26 Å². The number of benzene rings is 2. The van der Waals surface area contributed by atoms with Gasteiger partial charge in [-0.15, -0.1) is 0 Å². The molecule has 2 rings (SSSR count). The second-order valence-corrected chi connectivity index (χ2v) is 5.53. The summed E-state index contributed by atoms with van der Waals surface area (Å²) in [6.45, 7) is -0.661. The van der Waals surface area contributed by atoms with Gasteiger partial charge in [0, 0.05) is 17.3 Å². The van der Waals surface area contributed by atoms with Gasteiger partial charge in [-0.3, -0.25) is 0 Å². The van der Waals surface area contributed by atoms with Crippen LogP contribution in [0.25, 0.3) is 0 Å². The van der Waals surface area contributed by atoms with E-state index in [9.17, 15) is 14.7 Å². The van der Waals surface area contributed by atoms with Gasteiger partial charge in [-0.2, -0.15) is 5.26 Å². The summed E-state index contributed by atoms with van der Waals surface area (Å²) in [5, 5.41) is 30.3. The average molecular weight is 386 g/mol. The van der Waals surface area contributed by atoms with E-state index in [1.165, 1.54) is 38.5 Å². The second kappa shape index (κ2) is 9.14. The van der Waals surface area contributed by atoms with Crippen molar-refractivity contribution in [3.05, 3.63) is 47.5 Å². The number of ether oxygens (including phenoxy) is 3. The number of nitrogens with zero attached hydrogens (tertiary/aromatic N) is 1. The molecule has 146 valence electrons. The van der Waals surface area contributed by atoms with E-state index in [2.05, 4.69) is 5.32 Å². The van der Waals surface area contributed by atoms with Gasteiger partial charge in [-0.05, 0) is 30.3 Å². The molecule has 0 aromatic heterocycles. The number of carboxylic acid groups (broad SMARTS) is 2. The number of nitriles is 1. The largest absolute Gasteiger partial charge is 0.493 e. The first-order valence-corrected chi connectivity index (χ1v) is 7.99. The Morgan fingerprint density at radius 1 is 1.07 bits per heavy atom. The maximum Gasteiger partial charge on any atom is 0.341 e. The maximum atomic E-state index is 11.9. The first kappa shape index (κ1) is 20.4. The zero-order chi connectivity index (χ0) is 20.7. The Morgan fingerprint density at radius 3 is 2.18 bits per heavy atom. The molecular weight excluding hydrogens is 368 g/mol. The summed E-state index contributed by atoms with van der Waals surface area (Å²) in [6.07, 6.45) is 0. The first-order valence-electron chi connectivity index (χ1n) is 7.99. The van der Waals surface area contributed by atoms with Crippen LogP contribution in [0.2, 0.25) is 0 Å². The van der Waals surface area contributed by atoms with Crippen LogP contribution in [-0.2, 0) is 9.59 Å². The summed E-state index contributed by atoms with van der Waals surface area (Å²) < 4.78 is 15.7. The molecule has 0 saturated carbocycles. The molecule has 2 aromatic carbocycles. The summed E-state index contributed by atoms with van der Waals surface area (Å²) in [5.41, 5.74) is 1.02. The Labute approximate surface area is 160 Å². The first-order chi connectivity index (χ1) is 13.4. The fourth-order valence-corrected chi connectivity index (χ4v) is 2.45. The van der Waals surface area contributed by atoms with Gasteiger partial charge in [-0.25, -0.2) is 9.59 Å². The molecule has 3 N–H and O–H groups in total. The van der Waals surface area contributed by atoms with Crippen LogP contribution < -0.4 is 19.5 Å². The summed E-state index contributed by atoms with van der Waals surface area (Å²) in [6, 6.07) is 9.68. The lowest BCUT2D eigenvalue weighted by Crippen LogP contribution is -2.22. The lowest BCUT2D eigenvalue weighted by Gasteiger charge is -2.21. The van der Waals surface area contributed by atoms with E-state index < -0.39 is 24.6 Å². The van der Waals surface area contributed by atoms with Crippen molar-refractivity contribution in [2.75, 3.05) is 26.1 Å². The van der Waals surface area contributed by atoms with Crippen molar-refractivity contribution < 1.29 is 34.0 Å². The Bertz CT molecular complexity index is 904. The number of carbonyl (C=O) groups is 2. The van der Waals surface area contributed by atoms with Crippen LogP contribution in [0, 0.1) is 11.3 Å². The van der Waals surface area contributed by atoms with Crippen LogP contribution >= 0.6 is 0 Å². The number of nitrogens with one attached hydrogen (secondary N) is 1. The van der Waals surface area contributed by atoms with Crippen molar-refractivity contribution in [1.82, 2.24) is 0 Å². The molecule has 28 heavy (non-hydrogen) atoms. The number of anilines is 1. The lowest BCUT2D eigenvalue weighted by atomic mass is 10.0. The van der Waals surface area contributed by atoms with E-state index in [0.717, 1.165) is 0 Å². The number of hydrogen-bond acceptors (Lipinski definition) is 7. The van der Waals surface area contributed by atoms with Gasteiger partial charge in [0.1, 0.15) is 5.75 Å². The molecule has 0 saturated heterocycles. The van der Waals surface area contributed by atoms with Crippen molar-refractivity contribution in [3.63, 3.8) is 0 Å². The molecule has 0 fully saturated rings. The van der Waals surface area contributed by atoms with Crippen LogP contribution in [0.1, 0.15) is 17.2 Å². The molecule has 0 aliphatic carbocycles.